The van der Waals surface area contributed by atoms with Crippen molar-refractivity contribution in [1.29, 1.82) is 0 Å². The number of aromatic nitrogens is 4. The predicted molar refractivity (Wildman–Crippen MR) is 139 cm³/mol. The summed E-state index contributed by atoms with van der Waals surface area (Å²) in [5.74, 6) is 0.632. The van der Waals surface area contributed by atoms with Crippen LogP contribution in [0.3, 0.4) is 0 Å². The van der Waals surface area contributed by atoms with Gasteiger partial charge in [0.1, 0.15) is 5.76 Å². The van der Waals surface area contributed by atoms with Crippen LogP contribution in [0.1, 0.15) is 17.0 Å². The summed E-state index contributed by atoms with van der Waals surface area (Å²) in [6.07, 6.45) is 3.70. The summed E-state index contributed by atoms with van der Waals surface area (Å²) < 4.78 is 42.8. The van der Waals surface area contributed by atoms with Crippen molar-refractivity contribution in [3.8, 4) is 0 Å². The number of tetrazole rings is 1. The molecule has 1 aliphatic heterocycles. The largest absolute Gasteiger partial charge is 0.497 e. The molecule has 0 amide bonds. The molecule has 0 N–H and O–H groups in total. The zero-order chi connectivity index (χ0) is 25.9. The van der Waals surface area contributed by atoms with Gasteiger partial charge in [0.05, 0.1) is 37.3 Å². The van der Waals surface area contributed by atoms with Crippen molar-refractivity contribution in [1.82, 2.24) is 20.2 Å². The van der Waals surface area contributed by atoms with Crippen LogP contribution in [0.2, 0.25) is 10.0 Å². The molecular weight excluding hydrogens is 537 g/mol. The maximum absolute atomic E-state index is 14.4. The number of benzene rings is 2. The van der Waals surface area contributed by atoms with Gasteiger partial charge in [0, 0.05) is 34.7 Å². The lowest BCUT2D eigenvalue weighted by molar-refractivity contribution is 0.213. The highest BCUT2D eigenvalue weighted by atomic mass is 35.5. The molecule has 190 valence electrons. The molecule has 12 heteroatoms. The highest BCUT2D eigenvalue weighted by Gasteiger charge is 2.58. The van der Waals surface area contributed by atoms with E-state index in [1.165, 1.54) is 16.1 Å². The number of nitrogens with zero attached hydrogens (tertiary/aromatic N) is 5. The van der Waals surface area contributed by atoms with E-state index in [4.69, 9.17) is 32.7 Å². The topological polar surface area (TPSA) is 99.4 Å². The van der Waals surface area contributed by atoms with Crippen LogP contribution in [0.25, 0.3) is 6.20 Å². The van der Waals surface area contributed by atoms with Gasteiger partial charge in [-0.1, -0.05) is 41.4 Å². The van der Waals surface area contributed by atoms with Crippen molar-refractivity contribution in [2.24, 2.45) is 11.8 Å². The normalized spacial score (nSPS) is 23.0. The zero-order valence-electron chi connectivity index (χ0n) is 19.8. The van der Waals surface area contributed by atoms with Crippen molar-refractivity contribution >= 4 is 45.1 Å². The van der Waals surface area contributed by atoms with Crippen molar-refractivity contribution in [3.05, 3.63) is 97.5 Å². The maximum atomic E-state index is 14.4. The fourth-order valence-electron chi connectivity index (χ4n) is 5.04. The quantitative estimate of drug-likeness (QED) is 0.458. The second-order valence-corrected chi connectivity index (χ2v) is 11.6. The van der Waals surface area contributed by atoms with Crippen molar-refractivity contribution in [3.63, 3.8) is 0 Å². The third-order valence-corrected chi connectivity index (χ3v) is 9.32. The lowest BCUT2D eigenvalue weighted by atomic mass is 10.0. The van der Waals surface area contributed by atoms with Gasteiger partial charge in [0.15, 0.2) is 11.6 Å². The number of halogens is 2. The Morgan fingerprint density at radius 1 is 1.05 bits per heavy atom. The van der Waals surface area contributed by atoms with Crippen LogP contribution in [0.4, 0.5) is 5.69 Å². The summed E-state index contributed by atoms with van der Waals surface area (Å²) in [5.41, 5.74) is 2.83. The van der Waals surface area contributed by atoms with Crippen LogP contribution in [-0.4, -0.2) is 42.8 Å². The second kappa shape index (κ2) is 8.90. The van der Waals surface area contributed by atoms with E-state index in [1.807, 2.05) is 18.2 Å². The molecule has 6 rings (SSSR count). The maximum Gasteiger partial charge on any atom is 0.261 e. The fourth-order valence-corrected chi connectivity index (χ4v) is 7.26. The van der Waals surface area contributed by atoms with E-state index >= 15 is 0 Å². The van der Waals surface area contributed by atoms with Crippen LogP contribution in [0.5, 0.6) is 0 Å². The summed E-state index contributed by atoms with van der Waals surface area (Å²) in [5, 5.41) is 13.1. The number of anilines is 1. The smallest absolute Gasteiger partial charge is 0.261 e. The van der Waals surface area contributed by atoms with E-state index in [0.717, 1.165) is 11.1 Å². The summed E-state index contributed by atoms with van der Waals surface area (Å²) in [6, 6.07) is 12.6. The number of allylic oxidation sites excluding steroid dienone is 3. The molecule has 3 aliphatic rings. The highest BCUT2D eigenvalue weighted by molar-refractivity contribution is 7.96. The van der Waals surface area contributed by atoms with Crippen LogP contribution in [0, 0.1) is 11.8 Å². The van der Waals surface area contributed by atoms with E-state index in [2.05, 4.69) is 15.5 Å². The summed E-state index contributed by atoms with van der Waals surface area (Å²) >= 11 is 12.8. The average molecular weight is 558 g/mol. The Balaban J connectivity index is 1.55. The minimum atomic E-state index is -4.07. The molecule has 0 saturated heterocycles. The van der Waals surface area contributed by atoms with Gasteiger partial charge in [-0.05, 0) is 51.4 Å². The van der Waals surface area contributed by atoms with Crippen molar-refractivity contribution < 1.29 is 17.9 Å². The van der Waals surface area contributed by atoms with Crippen LogP contribution >= 0.6 is 23.2 Å². The standard InChI is InChI=1S/C25H21Cl2N5O4S/c1-35-20-11-21-23-17(24(23)25(20)36-2)12-31-22(28-29-30-31)13-32(37(21,33)34)19-8-7-16(26)10-15(19)9-14-5-3-4-6-18(14)27/h3-8,10-12,23-24H,9,13H2,1-2H3/b17-12+. The minimum Gasteiger partial charge on any atom is -0.497 e. The summed E-state index contributed by atoms with van der Waals surface area (Å²) in [7, 11) is -1.04. The Morgan fingerprint density at radius 2 is 1.86 bits per heavy atom. The first-order valence-corrected chi connectivity index (χ1v) is 13.6. The Hall–Kier alpha value is -3.34. The van der Waals surface area contributed by atoms with Gasteiger partial charge >= 0.3 is 0 Å². The third kappa shape index (κ3) is 3.91. The van der Waals surface area contributed by atoms with E-state index in [1.54, 1.807) is 43.7 Å². The number of hydrogen-bond donors (Lipinski definition) is 0. The van der Waals surface area contributed by atoms with Gasteiger partial charge in [0.25, 0.3) is 10.0 Å². The second-order valence-electron chi connectivity index (χ2n) is 8.86. The van der Waals surface area contributed by atoms with E-state index in [-0.39, 0.29) is 17.4 Å². The zero-order valence-corrected chi connectivity index (χ0v) is 22.1. The molecule has 1 saturated carbocycles. The molecule has 0 bridgehead atoms. The Kier molecular flexibility index (Phi) is 5.78. The predicted octanol–water partition coefficient (Wildman–Crippen LogP) is 4.41. The third-order valence-electron chi connectivity index (χ3n) is 6.84. The molecule has 37 heavy (non-hydrogen) atoms. The molecule has 2 atom stereocenters. The number of fused-ring (bicyclic) bond motifs is 2. The monoisotopic (exact) mass is 557 g/mol. The first kappa shape index (κ1) is 24.0. The molecule has 2 aromatic carbocycles. The van der Waals surface area contributed by atoms with Gasteiger partial charge in [-0.3, -0.25) is 4.31 Å². The van der Waals surface area contributed by atoms with Gasteiger partial charge in [0.2, 0.25) is 0 Å². The van der Waals surface area contributed by atoms with E-state index in [9.17, 15) is 8.42 Å². The molecule has 9 nitrogen and oxygen atoms in total. The molecular formula is C25H21Cl2N5O4S. The van der Waals surface area contributed by atoms with Crippen LogP contribution < -0.4 is 4.31 Å². The van der Waals surface area contributed by atoms with Crippen molar-refractivity contribution in [2.75, 3.05) is 18.5 Å². The Labute approximate surface area is 223 Å². The van der Waals surface area contributed by atoms with Crippen molar-refractivity contribution in [2.45, 2.75) is 13.0 Å². The lowest BCUT2D eigenvalue weighted by Crippen LogP contribution is -2.34. The van der Waals surface area contributed by atoms with Gasteiger partial charge < -0.3 is 9.47 Å². The molecule has 2 aliphatic carbocycles. The molecule has 2 heterocycles. The summed E-state index contributed by atoms with van der Waals surface area (Å²) in [4.78, 5) is 0.221. The fraction of sp³-hybridized carbons (Fsp3) is 0.240. The number of sulfonamides is 1. The highest BCUT2D eigenvalue weighted by Crippen LogP contribution is 2.60. The molecule has 1 fully saturated rings. The van der Waals surface area contributed by atoms with Gasteiger partial charge in [-0.2, -0.15) is 0 Å². The molecule has 1 aromatic heterocycles. The average Bonchev–Trinajstić information content (AvgIpc) is 3.39. The number of rotatable bonds is 5. The number of ether oxygens (including phenoxy) is 2. The van der Waals surface area contributed by atoms with E-state index < -0.39 is 15.9 Å². The van der Waals surface area contributed by atoms with Crippen LogP contribution in [0.15, 0.2) is 70.5 Å². The Morgan fingerprint density at radius 3 is 2.62 bits per heavy atom. The SMILES string of the molecule is COC1=C(OC)C2/C3=C/n4nnnc4CN(c4ccc(Cl)cc4Cc4ccccc4Cl)S(=O)(=O)C(=C1)C32. The summed E-state index contributed by atoms with van der Waals surface area (Å²) in [6.45, 7) is -0.0891. The molecule has 0 radical (unpaired) electrons. The first-order chi connectivity index (χ1) is 17.8. The minimum absolute atomic E-state index is 0.0891. The first-order valence-electron chi connectivity index (χ1n) is 11.4. The molecule has 3 aromatic rings. The lowest BCUT2D eigenvalue weighted by Gasteiger charge is -2.28. The van der Waals surface area contributed by atoms with Gasteiger partial charge in [-0.25, -0.2) is 13.1 Å². The molecule has 2 unspecified atom stereocenters. The number of methoxy groups -OCH3 is 2. The number of hydrogen-bond acceptors (Lipinski definition) is 7. The molecule has 0 spiro atoms. The van der Waals surface area contributed by atoms with Gasteiger partial charge in [-0.15, -0.1) is 5.10 Å². The van der Waals surface area contributed by atoms with E-state index in [0.29, 0.717) is 45.1 Å². The Bertz CT molecular complexity index is 1630. The van der Waals surface area contributed by atoms with Crippen LogP contribution in [-0.2, 0) is 32.5 Å².